The molecule has 0 heterocycles. The first-order chi connectivity index (χ1) is 9.95. The monoisotopic (exact) mass is 305 g/mol. The van der Waals surface area contributed by atoms with Crippen molar-refractivity contribution in [2.24, 2.45) is 0 Å². The molecule has 0 aliphatic rings. The zero-order valence-corrected chi connectivity index (χ0v) is 13.0. The average Bonchev–Trinajstić information content (AvgIpc) is 2.43. The molecule has 0 amide bonds. The van der Waals surface area contributed by atoms with Gasteiger partial charge < -0.3 is 10.1 Å². The van der Waals surface area contributed by atoms with Gasteiger partial charge in [0.25, 0.3) is 0 Å². The molecule has 0 spiro atoms. The van der Waals surface area contributed by atoms with E-state index in [-0.39, 0.29) is 0 Å². The Morgan fingerprint density at radius 2 is 1.81 bits per heavy atom. The second-order valence-corrected chi connectivity index (χ2v) is 6.90. The normalized spacial score (nSPS) is 11.1. The van der Waals surface area contributed by atoms with E-state index in [1.807, 2.05) is 31.2 Å². The Bertz CT molecular complexity index is 694. The van der Waals surface area contributed by atoms with Crippen LogP contribution in [-0.2, 0) is 9.84 Å². The molecule has 0 saturated carbocycles. The van der Waals surface area contributed by atoms with Gasteiger partial charge in [-0.1, -0.05) is 12.1 Å². The molecule has 0 bridgehead atoms. The van der Waals surface area contributed by atoms with Crippen LogP contribution in [0.4, 0.5) is 5.69 Å². The number of ether oxygens (including phenoxy) is 1. The molecule has 112 valence electrons. The summed E-state index contributed by atoms with van der Waals surface area (Å²) in [7, 11) is -3.14. The minimum atomic E-state index is -3.14. The fourth-order valence-corrected chi connectivity index (χ4v) is 2.52. The molecule has 2 aromatic rings. The van der Waals surface area contributed by atoms with Crippen molar-refractivity contribution >= 4 is 15.5 Å². The quantitative estimate of drug-likeness (QED) is 0.834. The minimum Gasteiger partial charge on any atom is -0.492 e. The largest absolute Gasteiger partial charge is 0.492 e. The lowest BCUT2D eigenvalue weighted by atomic mass is 10.2. The molecular weight excluding hydrogens is 286 g/mol. The molecule has 0 aliphatic carbocycles. The molecule has 0 fully saturated rings. The number of anilines is 1. The van der Waals surface area contributed by atoms with Crippen molar-refractivity contribution in [2.75, 3.05) is 24.7 Å². The van der Waals surface area contributed by atoms with Crippen molar-refractivity contribution in [1.29, 1.82) is 0 Å². The van der Waals surface area contributed by atoms with Gasteiger partial charge in [-0.05, 0) is 48.9 Å². The summed E-state index contributed by atoms with van der Waals surface area (Å²) in [5.41, 5.74) is 2.03. The van der Waals surface area contributed by atoms with Gasteiger partial charge >= 0.3 is 0 Å². The van der Waals surface area contributed by atoms with Crippen molar-refractivity contribution in [3.63, 3.8) is 0 Å². The SMILES string of the molecule is Cc1cccc(OCCNc2ccc(S(C)(=O)=O)cc2)c1. The fraction of sp³-hybridized carbons (Fsp3) is 0.250. The van der Waals surface area contributed by atoms with Crippen LogP contribution in [0, 0.1) is 6.92 Å². The highest BCUT2D eigenvalue weighted by Gasteiger charge is 2.05. The standard InChI is InChI=1S/C16H19NO3S/c1-13-4-3-5-15(12-13)20-11-10-17-14-6-8-16(9-7-14)21(2,18)19/h3-9,12,17H,10-11H2,1-2H3. The summed E-state index contributed by atoms with van der Waals surface area (Å²) < 4.78 is 28.3. The number of benzene rings is 2. The van der Waals surface area contributed by atoms with E-state index in [1.165, 1.54) is 6.26 Å². The van der Waals surface area contributed by atoms with Crippen molar-refractivity contribution in [2.45, 2.75) is 11.8 Å². The maximum atomic E-state index is 11.3. The van der Waals surface area contributed by atoms with Gasteiger partial charge in [-0.15, -0.1) is 0 Å². The first-order valence-corrected chi connectivity index (χ1v) is 8.58. The van der Waals surface area contributed by atoms with Gasteiger partial charge in [0, 0.05) is 18.5 Å². The van der Waals surface area contributed by atoms with Crippen LogP contribution < -0.4 is 10.1 Å². The Kier molecular flexibility index (Phi) is 4.85. The van der Waals surface area contributed by atoms with E-state index in [0.29, 0.717) is 18.0 Å². The van der Waals surface area contributed by atoms with Crippen LogP contribution in [0.5, 0.6) is 5.75 Å². The highest BCUT2D eigenvalue weighted by molar-refractivity contribution is 7.90. The van der Waals surface area contributed by atoms with E-state index in [4.69, 9.17) is 4.74 Å². The molecule has 0 aromatic heterocycles. The van der Waals surface area contributed by atoms with Crippen LogP contribution in [0.2, 0.25) is 0 Å². The summed E-state index contributed by atoms with van der Waals surface area (Å²) in [4.78, 5) is 0.323. The lowest BCUT2D eigenvalue weighted by Gasteiger charge is -2.09. The van der Waals surface area contributed by atoms with E-state index < -0.39 is 9.84 Å². The molecule has 0 atom stereocenters. The Morgan fingerprint density at radius 3 is 2.43 bits per heavy atom. The maximum absolute atomic E-state index is 11.3. The number of aryl methyl sites for hydroxylation is 1. The van der Waals surface area contributed by atoms with Gasteiger partial charge in [-0.2, -0.15) is 0 Å². The van der Waals surface area contributed by atoms with Crippen LogP contribution >= 0.6 is 0 Å². The van der Waals surface area contributed by atoms with Crippen molar-refractivity contribution < 1.29 is 13.2 Å². The fourth-order valence-electron chi connectivity index (χ4n) is 1.89. The van der Waals surface area contributed by atoms with Gasteiger partial charge in [0.1, 0.15) is 12.4 Å². The van der Waals surface area contributed by atoms with E-state index in [0.717, 1.165) is 17.0 Å². The van der Waals surface area contributed by atoms with Gasteiger partial charge in [0.15, 0.2) is 9.84 Å². The van der Waals surface area contributed by atoms with Gasteiger partial charge in [0.2, 0.25) is 0 Å². The Balaban J connectivity index is 1.81. The molecule has 21 heavy (non-hydrogen) atoms. The highest BCUT2D eigenvalue weighted by Crippen LogP contribution is 2.14. The summed E-state index contributed by atoms with van der Waals surface area (Å²) in [6.45, 7) is 3.21. The van der Waals surface area contributed by atoms with Crippen molar-refractivity contribution in [1.82, 2.24) is 0 Å². The molecule has 2 rings (SSSR count). The second-order valence-electron chi connectivity index (χ2n) is 4.89. The van der Waals surface area contributed by atoms with Crippen molar-refractivity contribution in [3.05, 3.63) is 54.1 Å². The second kappa shape index (κ2) is 6.63. The van der Waals surface area contributed by atoms with Crippen LogP contribution in [0.3, 0.4) is 0 Å². The third-order valence-electron chi connectivity index (χ3n) is 2.97. The first-order valence-electron chi connectivity index (χ1n) is 6.68. The molecule has 0 unspecified atom stereocenters. The van der Waals surface area contributed by atoms with Gasteiger partial charge in [0.05, 0.1) is 4.90 Å². The summed E-state index contributed by atoms with van der Waals surface area (Å²) >= 11 is 0. The van der Waals surface area contributed by atoms with E-state index in [2.05, 4.69) is 5.32 Å². The summed E-state index contributed by atoms with van der Waals surface area (Å²) in [6.07, 6.45) is 1.20. The van der Waals surface area contributed by atoms with Crippen LogP contribution in [0.25, 0.3) is 0 Å². The predicted molar refractivity (Wildman–Crippen MR) is 84.7 cm³/mol. The number of rotatable bonds is 6. The molecule has 5 heteroatoms. The lowest BCUT2D eigenvalue weighted by Crippen LogP contribution is -2.11. The molecule has 0 radical (unpaired) electrons. The van der Waals surface area contributed by atoms with Gasteiger partial charge in [-0.3, -0.25) is 0 Å². The van der Waals surface area contributed by atoms with Gasteiger partial charge in [-0.25, -0.2) is 8.42 Å². The van der Waals surface area contributed by atoms with Crippen LogP contribution in [-0.4, -0.2) is 27.8 Å². The Labute approximate surface area is 125 Å². The molecule has 1 N–H and O–H groups in total. The third-order valence-corrected chi connectivity index (χ3v) is 4.10. The zero-order chi connectivity index (χ0) is 15.3. The third kappa shape index (κ3) is 4.79. The summed E-state index contributed by atoms with van der Waals surface area (Å²) in [5.74, 6) is 0.851. The molecule has 0 saturated heterocycles. The highest BCUT2D eigenvalue weighted by atomic mass is 32.2. The molecule has 2 aromatic carbocycles. The first kappa shape index (κ1) is 15.4. The maximum Gasteiger partial charge on any atom is 0.175 e. The number of nitrogens with one attached hydrogen (secondary N) is 1. The Morgan fingerprint density at radius 1 is 1.10 bits per heavy atom. The van der Waals surface area contributed by atoms with E-state index in [9.17, 15) is 8.42 Å². The van der Waals surface area contributed by atoms with Crippen LogP contribution in [0.15, 0.2) is 53.4 Å². The smallest absolute Gasteiger partial charge is 0.175 e. The number of hydrogen-bond donors (Lipinski definition) is 1. The lowest BCUT2D eigenvalue weighted by molar-refractivity contribution is 0.332. The topological polar surface area (TPSA) is 55.4 Å². The number of sulfone groups is 1. The average molecular weight is 305 g/mol. The number of hydrogen-bond acceptors (Lipinski definition) is 4. The van der Waals surface area contributed by atoms with Crippen LogP contribution in [0.1, 0.15) is 5.56 Å². The molecular formula is C16H19NO3S. The predicted octanol–water partition coefficient (Wildman–Crippen LogP) is 2.89. The molecule has 4 nitrogen and oxygen atoms in total. The molecule has 0 aliphatic heterocycles. The van der Waals surface area contributed by atoms with Crippen molar-refractivity contribution in [3.8, 4) is 5.75 Å². The minimum absolute atomic E-state index is 0.323. The zero-order valence-electron chi connectivity index (χ0n) is 12.2. The van der Waals surface area contributed by atoms with E-state index in [1.54, 1.807) is 24.3 Å². The summed E-state index contributed by atoms with van der Waals surface area (Å²) in [6, 6.07) is 14.6. The summed E-state index contributed by atoms with van der Waals surface area (Å²) in [5, 5.41) is 3.19. The van der Waals surface area contributed by atoms with E-state index >= 15 is 0 Å². The Hall–Kier alpha value is -2.01.